The highest BCUT2D eigenvalue weighted by atomic mass is 16.3. The molecule has 0 aliphatic carbocycles. The number of aryl methyl sites for hydroxylation is 1. The van der Waals surface area contributed by atoms with E-state index in [2.05, 4.69) is 5.32 Å². The molecule has 0 radical (unpaired) electrons. The molecule has 0 saturated carbocycles. The molecule has 0 fully saturated rings. The summed E-state index contributed by atoms with van der Waals surface area (Å²) >= 11 is 0. The van der Waals surface area contributed by atoms with E-state index in [1.54, 1.807) is 37.4 Å². The van der Waals surface area contributed by atoms with Crippen molar-refractivity contribution < 1.29 is 14.0 Å². The van der Waals surface area contributed by atoms with Gasteiger partial charge in [0.25, 0.3) is 5.91 Å². The number of nitrogens with one attached hydrogen (secondary N) is 1. The Morgan fingerprint density at radius 1 is 1.18 bits per heavy atom. The maximum atomic E-state index is 12.1. The molecule has 0 aliphatic rings. The van der Waals surface area contributed by atoms with Gasteiger partial charge in [-0.2, -0.15) is 0 Å². The minimum Gasteiger partial charge on any atom is -0.469 e. The molecule has 2 rings (SSSR count). The number of hydrogen-bond acceptors (Lipinski definition) is 3. The Bertz CT molecular complexity index is 618. The number of carbonyl (C=O) groups excluding carboxylic acids is 2. The minimum atomic E-state index is -0.116. The molecule has 1 aromatic carbocycles. The quantitative estimate of drug-likeness (QED) is 0.890. The average Bonchev–Trinajstić information content (AvgIpc) is 3.06. The molecule has 22 heavy (non-hydrogen) atoms. The van der Waals surface area contributed by atoms with Crippen LogP contribution in [0.5, 0.6) is 0 Å². The molecular formula is C17H20N2O3. The largest absolute Gasteiger partial charge is 0.469 e. The lowest BCUT2D eigenvalue weighted by molar-refractivity contribution is -0.130. The van der Waals surface area contributed by atoms with Crippen LogP contribution < -0.4 is 5.32 Å². The molecule has 116 valence electrons. The van der Waals surface area contributed by atoms with E-state index in [1.807, 2.05) is 24.3 Å². The summed E-state index contributed by atoms with van der Waals surface area (Å²) in [6.07, 6.45) is 2.63. The Hall–Kier alpha value is -2.56. The summed E-state index contributed by atoms with van der Waals surface area (Å²) in [7, 11) is 3.37. The van der Waals surface area contributed by atoms with Gasteiger partial charge in [-0.1, -0.05) is 12.1 Å². The Balaban J connectivity index is 1.86. The molecule has 0 atom stereocenters. The summed E-state index contributed by atoms with van der Waals surface area (Å²) in [5.41, 5.74) is 1.60. The van der Waals surface area contributed by atoms with Gasteiger partial charge in [-0.05, 0) is 29.8 Å². The predicted octanol–water partition coefficient (Wildman–Crippen LogP) is 2.23. The van der Waals surface area contributed by atoms with Crippen LogP contribution in [0.1, 0.15) is 28.1 Å². The van der Waals surface area contributed by atoms with E-state index in [1.165, 1.54) is 0 Å². The molecule has 2 aromatic rings. The fourth-order valence-electron chi connectivity index (χ4n) is 2.14. The van der Waals surface area contributed by atoms with Gasteiger partial charge in [0.05, 0.1) is 6.26 Å². The van der Waals surface area contributed by atoms with Crippen LogP contribution in [0.3, 0.4) is 0 Å². The molecule has 0 saturated heterocycles. The third-order valence-electron chi connectivity index (χ3n) is 3.45. The highest BCUT2D eigenvalue weighted by Gasteiger charge is 2.11. The standard InChI is InChI=1S/C17H20N2O3/c1-18-17(21)14-7-5-13(6-8-14)12-19(2)16(20)10-9-15-4-3-11-22-15/h3-8,11H,9-10,12H2,1-2H3,(H,18,21). The van der Waals surface area contributed by atoms with E-state index < -0.39 is 0 Å². The summed E-state index contributed by atoms with van der Waals surface area (Å²) in [4.78, 5) is 25.2. The smallest absolute Gasteiger partial charge is 0.251 e. The molecule has 1 heterocycles. The number of carbonyl (C=O) groups is 2. The maximum Gasteiger partial charge on any atom is 0.251 e. The first-order chi connectivity index (χ1) is 10.6. The summed E-state index contributed by atoms with van der Waals surface area (Å²) in [6, 6.07) is 10.9. The topological polar surface area (TPSA) is 62.6 Å². The number of furan rings is 1. The van der Waals surface area contributed by atoms with Crippen molar-refractivity contribution in [2.45, 2.75) is 19.4 Å². The number of amides is 2. The van der Waals surface area contributed by atoms with E-state index in [4.69, 9.17) is 4.42 Å². The van der Waals surface area contributed by atoms with Gasteiger partial charge in [-0.15, -0.1) is 0 Å². The first-order valence-electron chi connectivity index (χ1n) is 7.17. The lowest BCUT2D eigenvalue weighted by atomic mass is 10.1. The third kappa shape index (κ3) is 4.22. The lowest BCUT2D eigenvalue weighted by Gasteiger charge is -2.17. The Kier molecular flexibility index (Phi) is 5.36. The molecule has 0 spiro atoms. The first-order valence-corrected chi connectivity index (χ1v) is 7.17. The zero-order chi connectivity index (χ0) is 15.9. The van der Waals surface area contributed by atoms with E-state index >= 15 is 0 Å². The maximum absolute atomic E-state index is 12.1. The predicted molar refractivity (Wildman–Crippen MR) is 83.3 cm³/mol. The van der Waals surface area contributed by atoms with Crippen molar-refractivity contribution in [1.29, 1.82) is 0 Å². The summed E-state index contributed by atoms with van der Waals surface area (Å²) < 4.78 is 5.22. The molecule has 0 aliphatic heterocycles. The number of benzene rings is 1. The molecule has 0 bridgehead atoms. The zero-order valence-electron chi connectivity index (χ0n) is 12.8. The van der Waals surface area contributed by atoms with Crippen LogP contribution in [0.25, 0.3) is 0 Å². The van der Waals surface area contributed by atoms with Crippen molar-refractivity contribution in [3.63, 3.8) is 0 Å². The minimum absolute atomic E-state index is 0.0618. The van der Waals surface area contributed by atoms with E-state index in [9.17, 15) is 9.59 Å². The van der Waals surface area contributed by atoms with Crippen LogP contribution in [0.2, 0.25) is 0 Å². The zero-order valence-corrected chi connectivity index (χ0v) is 12.8. The van der Waals surface area contributed by atoms with Crippen molar-refractivity contribution in [2.24, 2.45) is 0 Å². The molecule has 5 heteroatoms. The van der Waals surface area contributed by atoms with Crippen molar-refractivity contribution in [3.05, 3.63) is 59.5 Å². The van der Waals surface area contributed by atoms with Crippen LogP contribution >= 0.6 is 0 Å². The number of hydrogen-bond donors (Lipinski definition) is 1. The Morgan fingerprint density at radius 3 is 2.50 bits per heavy atom. The van der Waals surface area contributed by atoms with Crippen molar-refractivity contribution in [2.75, 3.05) is 14.1 Å². The summed E-state index contributed by atoms with van der Waals surface area (Å²) in [5, 5.41) is 2.58. The Morgan fingerprint density at radius 2 is 1.91 bits per heavy atom. The molecular weight excluding hydrogens is 280 g/mol. The molecule has 2 amide bonds. The van der Waals surface area contributed by atoms with Gasteiger partial charge in [0.2, 0.25) is 5.91 Å². The second-order valence-electron chi connectivity index (χ2n) is 5.11. The van der Waals surface area contributed by atoms with Crippen LogP contribution in [0, 0.1) is 0 Å². The lowest BCUT2D eigenvalue weighted by Crippen LogP contribution is -2.26. The van der Waals surface area contributed by atoms with E-state index in [0.717, 1.165) is 11.3 Å². The normalized spacial score (nSPS) is 10.3. The van der Waals surface area contributed by atoms with Gasteiger partial charge in [0, 0.05) is 39.0 Å². The summed E-state index contributed by atoms with van der Waals surface area (Å²) in [5.74, 6) is 0.762. The average molecular weight is 300 g/mol. The van der Waals surface area contributed by atoms with Gasteiger partial charge in [-0.3, -0.25) is 9.59 Å². The Labute approximate surface area is 129 Å². The number of nitrogens with zero attached hydrogens (tertiary/aromatic N) is 1. The number of rotatable bonds is 6. The van der Waals surface area contributed by atoms with Gasteiger partial charge < -0.3 is 14.6 Å². The van der Waals surface area contributed by atoms with Crippen LogP contribution in [0.4, 0.5) is 0 Å². The second kappa shape index (κ2) is 7.45. The van der Waals surface area contributed by atoms with Crippen molar-refractivity contribution >= 4 is 11.8 Å². The molecule has 1 N–H and O–H groups in total. The first kappa shape index (κ1) is 15.8. The van der Waals surface area contributed by atoms with Crippen LogP contribution in [-0.2, 0) is 17.8 Å². The van der Waals surface area contributed by atoms with Crippen molar-refractivity contribution in [3.8, 4) is 0 Å². The monoisotopic (exact) mass is 300 g/mol. The highest BCUT2D eigenvalue weighted by molar-refractivity contribution is 5.93. The summed E-state index contributed by atoms with van der Waals surface area (Å²) in [6.45, 7) is 0.519. The highest BCUT2D eigenvalue weighted by Crippen LogP contribution is 2.09. The van der Waals surface area contributed by atoms with Gasteiger partial charge >= 0.3 is 0 Å². The molecule has 1 aromatic heterocycles. The molecule has 5 nitrogen and oxygen atoms in total. The van der Waals surface area contributed by atoms with E-state index in [-0.39, 0.29) is 11.8 Å². The van der Waals surface area contributed by atoms with E-state index in [0.29, 0.717) is 24.9 Å². The molecule has 0 unspecified atom stereocenters. The fraction of sp³-hybridized carbons (Fsp3) is 0.294. The fourth-order valence-corrected chi connectivity index (χ4v) is 2.14. The SMILES string of the molecule is CNC(=O)c1ccc(CN(C)C(=O)CCc2ccco2)cc1. The van der Waals surface area contributed by atoms with Crippen molar-refractivity contribution in [1.82, 2.24) is 10.2 Å². The van der Waals surface area contributed by atoms with Crippen LogP contribution in [0.15, 0.2) is 47.1 Å². The second-order valence-corrected chi connectivity index (χ2v) is 5.11. The van der Waals surface area contributed by atoms with Gasteiger partial charge in [0.15, 0.2) is 0 Å². The van der Waals surface area contributed by atoms with Gasteiger partial charge in [0.1, 0.15) is 5.76 Å². The van der Waals surface area contributed by atoms with Gasteiger partial charge in [-0.25, -0.2) is 0 Å². The third-order valence-corrected chi connectivity index (χ3v) is 3.45. The van der Waals surface area contributed by atoms with Crippen LogP contribution in [-0.4, -0.2) is 30.8 Å².